The van der Waals surface area contributed by atoms with Crippen molar-refractivity contribution in [3.05, 3.63) is 18.3 Å². The smallest absolute Gasteiger partial charge is 0.232 e. The molecule has 5 heteroatoms. The van der Waals surface area contributed by atoms with E-state index in [2.05, 4.69) is 15.1 Å². The minimum absolute atomic E-state index is 0.255. The largest absolute Gasteiger partial charge is 0.506 e. The van der Waals surface area contributed by atoms with Gasteiger partial charge < -0.3 is 10.0 Å². The Morgan fingerprint density at radius 1 is 1.11 bits per heavy atom. The van der Waals surface area contributed by atoms with Crippen molar-refractivity contribution in [2.45, 2.75) is 37.6 Å². The summed E-state index contributed by atoms with van der Waals surface area (Å²) >= 11 is 0. The second-order valence-corrected chi connectivity index (χ2v) is 5.45. The number of hydrogen-bond donors (Lipinski definition) is 1. The first-order chi connectivity index (χ1) is 8.78. The van der Waals surface area contributed by atoms with Crippen LogP contribution in [-0.4, -0.2) is 31.8 Å². The normalized spacial score (nSPS) is 21.7. The zero-order valence-corrected chi connectivity index (χ0v) is 10.2. The van der Waals surface area contributed by atoms with Crippen molar-refractivity contribution in [3.8, 4) is 5.75 Å². The molecule has 94 valence electrons. The first-order valence-electron chi connectivity index (χ1n) is 6.60. The predicted octanol–water partition coefficient (Wildman–Crippen LogP) is 1.96. The maximum Gasteiger partial charge on any atom is 0.232 e. The van der Waals surface area contributed by atoms with Gasteiger partial charge in [-0.05, 0) is 44.2 Å². The van der Waals surface area contributed by atoms with Crippen molar-refractivity contribution in [2.75, 3.05) is 11.4 Å². The molecule has 4 rings (SSSR count). The SMILES string of the molecule is Oc1ccc2nnc(N3CCCCC34CC4)n2c1. The molecule has 0 atom stereocenters. The number of piperidine rings is 1. The highest BCUT2D eigenvalue weighted by Gasteiger charge is 2.50. The lowest BCUT2D eigenvalue weighted by atomic mass is 10.0. The van der Waals surface area contributed by atoms with Crippen molar-refractivity contribution >= 4 is 11.6 Å². The van der Waals surface area contributed by atoms with Crippen molar-refractivity contribution in [2.24, 2.45) is 0 Å². The Balaban J connectivity index is 1.84. The minimum Gasteiger partial charge on any atom is -0.506 e. The maximum atomic E-state index is 9.62. The number of hydrogen-bond acceptors (Lipinski definition) is 4. The number of pyridine rings is 1. The zero-order valence-electron chi connectivity index (χ0n) is 10.2. The molecule has 2 aliphatic rings. The molecule has 2 fully saturated rings. The van der Waals surface area contributed by atoms with E-state index in [4.69, 9.17) is 0 Å². The summed E-state index contributed by atoms with van der Waals surface area (Å²) in [6.45, 7) is 1.05. The van der Waals surface area contributed by atoms with E-state index in [-0.39, 0.29) is 5.75 Å². The van der Waals surface area contributed by atoms with Gasteiger partial charge in [0.25, 0.3) is 0 Å². The van der Waals surface area contributed by atoms with Crippen molar-refractivity contribution in [1.82, 2.24) is 14.6 Å². The van der Waals surface area contributed by atoms with Gasteiger partial charge in [0.05, 0.1) is 6.20 Å². The first kappa shape index (κ1) is 10.2. The number of aromatic nitrogens is 3. The lowest BCUT2D eigenvalue weighted by Crippen LogP contribution is -2.42. The molecule has 1 aliphatic heterocycles. The predicted molar refractivity (Wildman–Crippen MR) is 67.8 cm³/mol. The molecule has 0 bridgehead atoms. The summed E-state index contributed by atoms with van der Waals surface area (Å²) in [6.07, 6.45) is 8.03. The monoisotopic (exact) mass is 244 g/mol. The highest BCUT2D eigenvalue weighted by molar-refractivity contribution is 5.51. The second kappa shape index (κ2) is 3.37. The highest BCUT2D eigenvalue weighted by atomic mass is 16.3. The maximum absolute atomic E-state index is 9.62. The Hall–Kier alpha value is -1.78. The Bertz CT molecular complexity index is 602. The van der Waals surface area contributed by atoms with Gasteiger partial charge in [-0.15, -0.1) is 10.2 Å². The number of anilines is 1. The number of aromatic hydroxyl groups is 1. The molecule has 18 heavy (non-hydrogen) atoms. The van der Waals surface area contributed by atoms with Gasteiger partial charge in [-0.1, -0.05) is 0 Å². The Morgan fingerprint density at radius 2 is 2.00 bits per heavy atom. The van der Waals surface area contributed by atoms with Gasteiger partial charge in [-0.3, -0.25) is 4.40 Å². The van der Waals surface area contributed by atoms with Gasteiger partial charge in [0.15, 0.2) is 5.65 Å². The standard InChI is InChI=1S/C13H16N4O/c18-10-3-4-11-14-15-12(16(11)9-10)17-8-2-1-5-13(17)6-7-13/h3-4,9,18H,1-2,5-8H2. The van der Waals surface area contributed by atoms with Crippen LogP contribution in [0.1, 0.15) is 32.1 Å². The van der Waals surface area contributed by atoms with E-state index in [1.165, 1.54) is 32.1 Å². The van der Waals surface area contributed by atoms with Gasteiger partial charge in [-0.25, -0.2) is 0 Å². The van der Waals surface area contributed by atoms with Crippen LogP contribution in [0, 0.1) is 0 Å². The molecule has 1 saturated carbocycles. The molecule has 2 aromatic heterocycles. The van der Waals surface area contributed by atoms with Crippen LogP contribution in [0.15, 0.2) is 18.3 Å². The summed E-state index contributed by atoms with van der Waals surface area (Å²) in [5, 5.41) is 18.1. The summed E-state index contributed by atoms with van der Waals surface area (Å²) in [6, 6.07) is 3.45. The van der Waals surface area contributed by atoms with Crippen LogP contribution in [0.2, 0.25) is 0 Å². The molecule has 3 heterocycles. The molecular weight excluding hydrogens is 228 g/mol. The van der Waals surface area contributed by atoms with Crippen molar-refractivity contribution in [3.63, 3.8) is 0 Å². The molecule has 5 nitrogen and oxygen atoms in total. The number of rotatable bonds is 1. The highest BCUT2D eigenvalue weighted by Crippen LogP contribution is 2.49. The summed E-state index contributed by atoms with van der Waals surface area (Å²) < 4.78 is 1.90. The molecular formula is C13H16N4O. The van der Waals surface area contributed by atoms with Crippen LogP contribution >= 0.6 is 0 Å². The fraction of sp³-hybridized carbons (Fsp3) is 0.538. The Labute approximate surface area is 105 Å². The van der Waals surface area contributed by atoms with Crippen LogP contribution in [0.4, 0.5) is 5.95 Å². The average Bonchev–Trinajstić information content (AvgIpc) is 3.01. The van der Waals surface area contributed by atoms with E-state index in [1.807, 2.05) is 4.40 Å². The number of nitrogens with zero attached hydrogens (tertiary/aromatic N) is 4. The van der Waals surface area contributed by atoms with E-state index in [1.54, 1.807) is 18.3 Å². The molecule has 1 N–H and O–H groups in total. The van der Waals surface area contributed by atoms with E-state index < -0.39 is 0 Å². The van der Waals surface area contributed by atoms with Gasteiger partial charge in [0, 0.05) is 12.1 Å². The lowest BCUT2D eigenvalue weighted by molar-refractivity contribution is 0.436. The third-order valence-electron chi connectivity index (χ3n) is 4.28. The molecule has 2 aromatic rings. The quantitative estimate of drug-likeness (QED) is 0.833. The fourth-order valence-electron chi connectivity index (χ4n) is 3.12. The molecule has 1 spiro atoms. The molecule has 0 unspecified atom stereocenters. The van der Waals surface area contributed by atoms with Crippen LogP contribution in [0.25, 0.3) is 5.65 Å². The molecule has 1 aliphatic carbocycles. The molecule has 0 amide bonds. The van der Waals surface area contributed by atoms with Gasteiger partial charge in [-0.2, -0.15) is 0 Å². The topological polar surface area (TPSA) is 53.7 Å². The van der Waals surface area contributed by atoms with Crippen LogP contribution in [0.5, 0.6) is 5.75 Å². The number of fused-ring (bicyclic) bond motifs is 1. The summed E-state index contributed by atoms with van der Waals surface area (Å²) in [5.41, 5.74) is 1.14. The summed E-state index contributed by atoms with van der Waals surface area (Å²) in [4.78, 5) is 2.40. The first-order valence-corrected chi connectivity index (χ1v) is 6.60. The molecule has 0 radical (unpaired) electrons. The minimum atomic E-state index is 0.255. The van der Waals surface area contributed by atoms with Crippen molar-refractivity contribution in [1.29, 1.82) is 0 Å². The van der Waals surface area contributed by atoms with E-state index >= 15 is 0 Å². The zero-order chi connectivity index (χ0) is 12.2. The average molecular weight is 244 g/mol. The summed E-state index contributed by atoms with van der Waals surface area (Å²) in [5.74, 6) is 1.14. The van der Waals surface area contributed by atoms with E-state index in [0.717, 1.165) is 18.1 Å². The third kappa shape index (κ3) is 1.33. The summed E-state index contributed by atoms with van der Waals surface area (Å²) in [7, 11) is 0. The van der Waals surface area contributed by atoms with Gasteiger partial charge >= 0.3 is 0 Å². The van der Waals surface area contributed by atoms with E-state index in [0.29, 0.717) is 5.54 Å². The third-order valence-corrected chi connectivity index (χ3v) is 4.28. The lowest BCUT2D eigenvalue weighted by Gasteiger charge is -2.36. The molecule has 1 saturated heterocycles. The van der Waals surface area contributed by atoms with Crippen molar-refractivity contribution < 1.29 is 5.11 Å². The fourth-order valence-corrected chi connectivity index (χ4v) is 3.12. The van der Waals surface area contributed by atoms with Crippen LogP contribution in [0.3, 0.4) is 0 Å². The second-order valence-electron chi connectivity index (χ2n) is 5.45. The van der Waals surface area contributed by atoms with Crippen LogP contribution in [-0.2, 0) is 0 Å². The molecule has 0 aromatic carbocycles. The van der Waals surface area contributed by atoms with Crippen LogP contribution < -0.4 is 4.90 Å². The van der Waals surface area contributed by atoms with Gasteiger partial charge in [0.2, 0.25) is 5.95 Å². The Kier molecular flexibility index (Phi) is 1.90. The van der Waals surface area contributed by atoms with E-state index in [9.17, 15) is 5.11 Å². The Morgan fingerprint density at radius 3 is 2.83 bits per heavy atom. The van der Waals surface area contributed by atoms with Gasteiger partial charge in [0.1, 0.15) is 5.75 Å².